The van der Waals surface area contributed by atoms with Crippen LogP contribution in [0.2, 0.25) is 0 Å². The van der Waals surface area contributed by atoms with Gasteiger partial charge in [0.05, 0.1) is 6.20 Å². The molecule has 78 valence electrons. The predicted molar refractivity (Wildman–Crippen MR) is 54.9 cm³/mol. The number of carbonyl (C=O) groups is 1. The van der Waals surface area contributed by atoms with Crippen molar-refractivity contribution < 1.29 is 4.79 Å². The van der Waals surface area contributed by atoms with E-state index in [-0.39, 0.29) is 11.9 Å². The maximum Gasteiger partial charge on any atom is 0.241 e. The average Bonchev–Trinajstić information content (AvgIpc) is 2.50. The monoisotopic (exact) mass is 195 g/mol. The summed E-state index contributed by atoms with van der Waals surface area (Å²) in [6, 6.07) is 0.235. The van der Waals surface area contributed by atoms with Crippen molar-refractivity contribution in [2.24, 2.45) is 0 Å². The summed E-state index contributed by atoms with van der Waals surface area (Å²) in [4.78, 5) is 11.4. The van der Waals surface area contributed by atoms with Crippen LogP contribution in [0.25, 0.3) is 0 Å². The van der Waals surface area contributed by atoms with Crippen molar-refractivity contribution in [3.8, 4) is 0 Å². The van der Waals surface area contributed by atoms with Gasteiger partial charge < -0.3 is 5.32 Å². The number of nitrogens with one attached hydrogen (secondary N) is 1. The Labute approximate surface area is 84.3 Å². The molecule has 1 heterocycles. The van der Waals surface area contributed by atoms with Crippen LogP contribution in [0, 0.1) is 6.92 Å². The van der Waals surface area contributed by atoms with E-state index in [2.05, 4.69) is 10.4 Å². The molecule has 0 fully saturated rings. The highest BCUT2D eigenvalue weighted by Gasteiger charge is 2.06. The van der Waals surface area contributed by atoms with E-state index < -0.39 is 0 Å². The topological polar surface area (TPSA) is 46.9 Å². The maximum absolute atomic E-state index is 11.4. The van der Waals surface area contributed by atoms with Gasteiger partial charge in [-0.05, 0) is 25.8 Å². The molecule has 1 aromatic heterocycles. The molecule has 1 N–H and O–H groups in total. The summed E-state index contributed by atoms with van der Waals surface area (Å²) in [5, 5.41) is 6.93. The van der Waals surface area contributed by atoms with Crippen LogP contribution in [0.15, 0.2) is 12.4 Å². The Hall–Kier alpha value is -1.32. The van der Waals surface area contributed by atoms with Gasteiger partial charge in [-0.3, -0.25) is 9.48 Å². The molecule has 0 bridgehead atoms. The van der Waals surface area contributed by atoms with E-state index in [1.807, 2.05) is 27.0 Å². The molecule has 0 radical (unpaired) electrons. The van der Waals surface area contributed by atoms with Crippen LogP contribution in [0.3, 0.4) is 0 Å². The van der Waals surface area contributed by atoms with Crippen LogP contribution in [-0.4, -0.2) is 21.7 Å². The molecule has 0 aliphatic heterocycles. The molecule has 0 aliphatic rings. The van der Waals surface area contributed by atoms with E-state index in [9.17, 15) is 4.79 Å². The predicted octanol–water partition coefficient (Wildman–Crippen LogP) is 1.11. The SMILES string of the molecule is CCC(C)NC(=O)Cn1cc(C)cn1. The fourth-order valence-electron chi connectivity index (χ4n) is 1.12. The lowest BCUT2D eigenvalue weighted by Gasteiger charge is -2.10. The minimum Gasteiger partial charge on any atom is -0.352 e. The van der Waals surface area contributed by atoms with Crippen molar-refractivity contribution in [2.45, 2.75) is 39.8 Å². The summed E-state index contributed by atoms with van der Waals surface area (Å²) in [5.74, 6) is 0.0162. The number of hydrogen-bond donors (Lipinski definition) is 1. The Morgan fingerprint density at radius 3 is 2.93 bits per heavy atom. The molecule has 4 nitrogen and oxygen atoms in total. The quantitative estimate of drug-likeness (QED) is 0.782. The molecule has 0 aromatic carbocycles. The minimum absolute atomic E-state index is 0.0162. The first-order valence-electron chi connectivity index (χ1n) is 4.90. The Morgan fingerprint density at radius 2 is 2.43 bits per heavy atom. The van der Waals surface area contributed by atoms with Gasteiger partial charge in [-0.15, -0.1) is 0 Å². The molecule has 14 heavy (non-hydrogen) atoms. The highest BCUT2D eigenvalue weighted by atomic mass is 16.2. The maximum atomic E-state index is 11.4. The first kappa shape index (κ1) is 10.8. The van der Waals surface area contributed by atoms with Gasteiger partial charge in [-0.25, -0.2) is 0 Å². The number of amides is 1. The standard InChI is InChI=1S/C10H17N3O/c1-4-9(3)12-10(14)7-13-6-8(2)5-11-13/h5-6,9H,4,7H2,1-3H3,(H,12,14). The first-order valence-corrected chi connectivity index (χ1v) is 4.90. The normalized spacial score (nSPS) is 12.5. The Morgan fingerprint density at radius 1 is 1.71 bits per heavy atom. The van der Waals surface area contributed by atoms with Crippen LogP contribution in [0.1, 0.15) is 25.8 Å². The number of hydrogen-bond acceptors (Lipinski definition) is 2. The average molecular weight is 195 g/mol. The minimum atomic E-state index is 0.0162. The van der Waals surface area contributed by atoms with Gasteiger partial charge in [0, 0.05) is 12.2 Å². The first-order chi connectivity index (χ1) is 6.61. The van der Waals surface area contributed by atoms with Crippen molar-refractivity contribution in [1.82, 2.24) is 15.1 Å². The largest absolute Gasteiger partial charge is 0.352 e. The lowest BCUT2D eigenvalue weighted by molar-refractivity contribution is -0.122. The molecular formula is C10H17N3O. The zero-order chi connectivity index (χ0) is 10.6. The fourth-order valence-corrected chi connectivity index (χ4v) is 1.12. The van der Waals surface area contributed by atoms with Crippen LogP contribution in [0.4, 0.5) is 0 Å². The van der Waals surface area contributed by atoms with E-state index in [1.54, 1.807) is 10.9 Å². The molecule has 1 atom stereocenters. The van der Waals surface area contributed by atoms with Crippen LogP contribution in [0.5, 0.6) is 0 Å². The van der Waals surface area contributed by atoms with Crippen molar-refractivity contribution in [2.75, 3.05) is 0 Å². The molecule has 4 heteroatoms. The van der Waals surface area contributed by atoms with Crippen molar-refractivity contribution in [3.05, 3.63) is 18.0 Å². The van der Waals surface area contributed by atoms with Crippen LogP contribution < -0.4 is 5.32 Å². The fraction of sp³-hybridized carbons (Fsp3) is 0.600. The van der Waals surface area contributed by atoms with Gasteiger partial charge in [0.2, 0.25) is 5.91 Å². The van der Waals surface area contributed by atoms with Gasteiger partial charge in [0.1, 0.15) is 6.54 Å². The zero-order valence-corrected chi connectivity index (χ0v) is 8.95. The second-order valence-corrected chi connectivity index (χ2v) is 3.59. The summed E-state index contributed by atoms with van der Waals surface area (Å²) < 4.78 is 1.65. The molecule has 1 aromatic rings. The second kappa shape index (κ2) is 4.79. The third-order valence-electron chi connectivity index (χ3n) is 2.09. The molecular weight excluding hydrogens is 178 g/mol. The number of nitrogens with zero attached hydrogens (tertiary/aromatic N) is 2. The number of carbonyl (C=O) groups excluding carboxylic acids is 1. The van der Waals surface area contributed by atoms with Crippen molar-refractivity contribution in [1.29, 1.82) is 0 Å². The number of aromatic nitrogens is 2. The third-order valence-corrected chi connectivity index (χ3v) is 2.09. The highest BCUT2D eigenvalue weighted by molar-refractivity contribution is 5.75. The summed E-state index contributed by atoms with van der Waals surface area (Å²) in [6.07, 6.45) is 4.55. The Balaban J connectivity index is 2.41. The lowest BCUT2D eigenvalue weighted by Crippen LogP contribution is -2.34. The Kier molecular flexibility index (Phi) is 3.68. The summed E-state index contributed by atoms with van der Waals surface area (Å²) in [5.41, 5.74) is 1.07. The summed E-state index contributed by atoms with van der Waals surface area (Å²) in [7, 11) is 0. The van der Waals surface area contributed by atoms with Crippen LogP contribution >= 0.6 is 0 Å². The lowest BCUT2D eigenvalue weighted by atomic mass is 10.2. The van der Waals surface area contributed by atoms with Gasteiger partial charge in [-0.1, -0.05) is 6.92 Å². The summed E-state index contributed by atoms with van der Waals surface area (Å²) in [6.45, 7) is 6.30. The molecule has 1 amide bonds. The highest BCUT2D eigenvalue weighted by Crippen LogP contribution is 1.94. The van der Waals surface area contributed by atoms with Gasteiger partial charge in [0.25, 0.3) is 0 Å². The number of aryl methyl sites for hydroxylation is 1. The summed E-state index contributed by atoms with van der Waals surface area (Å²) >= 11 is 0. The van der Waals surface area contributed by atoms with E-state index >= 15 is 0 Å². The number of rotatable bonds is 4. The van der Waals surface area contributed by atoms with Gasteiger partial charge >= 0.3 is 0 Å². The van der Waals surface area contributed by atoms with Gasteiger partial charge in [0.15, 0.2) is 0 Å². The van der Waals surface area contributed by atoms with Gasteiger partial charge in [-0.2, -0.15) is 5.10 Å². The molecule has 0 saturated heterocycles. The van der Waals surface area contributed by atoms with E-state index in [0.717, 1.165) is 12.0 Å². The second-order valence-electron chi connectivity index (χ2n) is 3.59. The van der Waals surface area contributed by atoms with Crippen molar-refractivity contribution in [3.63, 3.8) is 0 Å². The van der Waals surface area contributed by atoms with E-state index in [0.29, 0.717) is 6.54 Å². The molecule has 0 aliphatic carbocycles. The van der Waals surface area contributed by atoms with E-state index in [1.165, 1.54) is 0 Å². The molecule has 0 spiro atoms. The molecule has 1 rings (SSSR count). The van der Waals surface area contributed by atoms with Crippen LogP contribution in [-0.2, 0) is 11.3 Å². The molecule has 1 unspecified atom stereocenters. The van der Waals surface area contributed by atoms with E-state index in [4.69, 9.17) is 0 Å². The zero-order valence-electron chi connectivity index (χ0n) is 8.95. The Bertz CT molecular complexity index is 306. The smallest absolute Gasteiger partial charge is 0.241 e. The van der Waals surface area contributed by atoms with Crippen molar-refractivity contribution >= 4 is 5.91 Å². The third kappa shape index (κ3) is 3.20. The molecule has 0 saturated carbocycles.